The molecule has 92 valence electrons. The number of aliphatic hydroxyl groups is 1. The minimum Gasteiger partial charge on any atom is -0.393 e. The highest BCUT2D eigenvalue weighted by molar-refractivity contribution is 6.30. The zero-order chi connectivity index (χ0) is 12.3. The highest BCUT2D eigenvalue weighted by atomic mass is 35.5. The maximum Gasteiger partial charge on any atom is 0.270 e. The van der Waals surface area contributed by atoms with Crippen LogP contribution in [-0.4, -0.2) is 28.1 Å². The molecule has 5 heteroatoms. The van der Waals surface area contributed by atoms with E-state index in [2.05, 4.69) is 10.3 Å². The smallest absolute Gasteiger partial charge is 0.270 e. The molecule has 1 fully saturated rings. The summed E-state index contributed by atoms with van der Waals surface area (Å²) in [4.78, 5) is 15.8. The fourth-order valence-electron chi connectivity index (χ4n) is 1.99. The van der Waals surface area contributed by atoms with Crippen LogP contribution in [0.15, 0.2) is 18.3 Å². The monoisotopic (exact) mass is 254 g/mol. The predicted molar refractivity (Wildman–Crippen MR) is 65.0 cm³/mol. The Labute approximate surface area is 105 Å². The van der Waals surface area contributed by atoms with Crippen LogP contribution in [-0.2, 0) is 0 Å². The summed E-state index contributed by atoms with van der Waals surface area (Å²) < 4.78 is 0. The summed E-state index contributed by atoms with van der Waals surface area (Å²) in [5.41, 5.74) is 0.375. The standard InChI is InChI=1S/C12H15ClN2O2/c13-8-1-6-11(14-7-8)12(17)15-9-2-4-10(16)5-3-9/h1,6-7,9-10,16H,2-5H2,(H,15,17). The molecule has 0 saturated heterocycles. The number of hydrogen-bond acceptors (Lipinski definition) is 3. The van der Waals surface area contributed by atoms with E-state index in [4.69, 9.17) is 11.6 Å². The van der Waals surface area contributed by atoms with Gasteiger partial charge < -0.3 is 10.4 Å². The van der Waals surface area contributed by atoms with Crippen molar-refractivity contribution in [1.29, 1.82) is 0 Å². The van der Waals surface area contributed by atoms with Gasteiger partial charge in [0.15, 0.2) is 0 Å². The average molecular weight is 255 g/mol. The number of rotatable bonds is 2. The molecule has 17 heavy (non-hydrogen) atoms. The largest absolute Gasteiger partial charge is 0.393 e. The van der Waals surface area contributed by atoms with Gasteiger partial charge in [-0.25, -0.2) is 4.98 Å². The van der Waals surface area contributed by atoms with E-state index in [0.717, 1.165) is 25.7 Å². The van der Waals surface area contributed by atoms with Crippen LogP contribution in [0, 0.1) is 0 Å². The third-order valence-corrected chi connectivity index (χ3v) is 3.22. The van der Waals surface area contributed by atoms with Crippen molar-refractivity contribution in [3.05, 3.63) is 29.0 Å². The van der Waals surface area contributed by atoms with Crippen LogP contribution in [0.3, 0.4) is 0 Å². The SMILES string of the molecule is O=C(NC1CCC(O)CC1)c1ccc(Cl)cn1. The normalized spacial score (nSPS) is 24.4. The van der Waals surface area contributed by atoms with Gasteiger partial charge in [-0.15, -0.1) is 0 Å². The summed E-state index contributed by atoms with van der Waals surface area (Å²) in [6.07, 6.45) is 4.39. The Kier molecular flexibility index (Phi) is 3.97. The van der Waals surface area contributed by atoms with E-state index in [0.29, 0.717) is 10.7 Å². The molecule has 0 radical (unpaired) electrons. The van der Waals surface area contributed by atoms with Crippen molar-refractivity contribution in [3.63, 3.8) is 0 Å². The van der Waals surface area contributed by atoms with Crippen molar-refractivity contribution in [1.82, 2.24) is 10.3 Å². The Morgan fingerprint density at radius 1 is 1.35 bits per heavy atom. The minimum absolute atomic E-state index is 0.142. The lowest BCUT2D eigenvalue weighted by atomic mass is 9.93. The molecule has 0 unspecified atom stereocenters. The van der Waals surface area contributed by atoms with Crippen molar-refractivity contribution >= 4 is 17.5 Å². The minimum atomic E-state index is -0.211. The lowest BCUT2D eigenvalue weighted by Crippen LogP contribution is -2.38. The van der Waals surface area contributed by atoms with Crippen LogP contribution in [0.25, 0.3) is 0 Å². The fraction of sp³-hybridized carbons (Fsp3) is 0.500. The highest BCUT2D eigenvalue weighted by Crippen LogP contribution is 2.18. The number of aliphatic hydroxyl groups excluding tert-OH is 1. The molecule has 0 atom stereocenters. The number of halogens is 1. The fourth-order valence-corrected chi connectivity index (χ4v) is 2.10. The molecule has 1 aromatic rings. The van der Waals surface area contributed by atoms with Gasteiger partial charge in [0.1, 0.15) is 5.69 Å². The van der Waals surface area contributed by atoms with E-state index >= 15 is 0 Å². The summed E-state index contributed by atoms with van der Waals surface area (Å²) in [6.45, 7) is 0. The highest BCUT2D eigenvalue weighted by Gasteiger charge is 2.21. The molecule has 2 N–H and O–H groups in total. The first-order chi connectivity index (χ1) is 8.15. The van der Waals surface area contributed by atoms with E-state index in [1.54, 1.807) is 12.1 Å². The second-order valence-electron chi connectivity index (χ2n) is 4.34. The molecule has 0 aromatic carbocycles. The van der Waals surface area contributed by atoms with Crippen molar-refractivity contribution in [2.75, 3.05) is 0 Å². The average Bonchev–Trinajstić information content (AvgIpc) is 2.33. The first-order valence-corrected chi connectivity index (χ1v) is 6.13. The molecule has 0 spiro atoms. The van der Waals surface area contributed by atoms with Crippen LogP contribution in [0.5, 0.6) is 0 Å². The molecule has 1 aliphatic carbocycles. The van der Waals surface area contributed by atoms with Gasteiger partial charge in [0.25, 0.3) is 5.91 Å². The van der Waals surface area contributed by atoms with E-state index in [1.165, 1.54) is 6.20 Å². The molecule has 1 saturated carbocycles. The molecule has 1 aliphatic rings. The van der Waals surface area contributed by atoms with Gasteiger partial charge in [-0.2, -0.15) is 0 Å². The molecule has 1 heterocycles. The van der Waals surface area contributed by atoms with Crippen molar-refractivity contribution in [2.45, 2.75) is 37.8 Å². The number of carbonyl (C=O) groups is 1. The van der Waals surface area contributed by atoms with Crippen LogP contribution in [0.4, 0.5) is 0 Å². The van der Waals surface area contributed by atoms with E-state index in [9.17, 15) is 9.90 Å². The summed E-state index contributed by atoms with van der Waals surface area (Å²) >= 11 is 5.70. The van der Waals surface area contributed by atoms with Gasteiger partial charge in [-0.3, -0.25) is 4.79 Å². The van der Waals surface area contributed by atoms with Gasteiger partial charge in [-0.1, -0.05) is 11.6 Å². The van der Waals surface area contributed by atoms with Gasteiger partial charge in [0.2, 0.25) is 0 Å². The second kappa shape index (κ2) is 5.47. The molecule has 0 bridgehead atoms. The lowest BCUT2D eigenvalue weighted by Gasteiger charge is -2.25. The molecular weight excluding hydrogens is 240 g/mol. The Morgan fingerprint density at radius 3 is 2.65 bits per heavy atom. The zero-order valence-electron chi connectivity index (χ0n) is 9.40. The van der Waals surface area contributed by atoms with E-state index in [-0.39, 0.29) is 18.1 Å². The van der Waals surface area contributed by atoms with Crippen molar-refractivity contribution < 1.29 is 9.90 Å². The third-order valence-electron chi connectivity index (χ3n) is 2.99. The quantitative estimate of drug-likeness (QED) is 0.846. The lowest BCUT2D eigenvalue weighted by molar-refractivity contribution is 0.0863. The maximum atomic E-state index is 11.8. The van der Waals surface area contributed by atoms with Gasteiger partial charge in [-0.05, 0) is 37.8 Å². The maximum absolute atomic E-state index is 11.8. The van der Waals surface area contributed by atoms with Gasteiger partial charge >= 0.3 is 0 Å². The first-order valence-electron chi connectivity index (χ1n) is 5.75. The van der Waals surface area contributed by atoms with Crippen molar-refractivity contribution in [3.8, 4) is 0 Å². The Bertz CT molecular complexity index is 386. The Hall–Kier alpha value is -1.13. The van der Waals surface area contributed by atoms with Crippen LogP contribution in [0.1, 0.15) is 36.2 Å². The number of pyridine rings is 1. The summed E-state index contributed by atoms with van der Waals surface area (Å²) in [5.74, 6) is -0.178. The molecule has 2 rings (SSSR count). The number of nitrogens with zero attached hydrogens (tertiary/aromatic N) is 1. The van der Waals surface area contributed by atoms with Crippen molar-refractivity contribution in [2.24, 2.45) is 0 Å². The first kappa shape index (κ1) is 12.3. The summed E-state index contributed by atoms with van der Waals surface area (Å²) in [7, 11) is 0. The summed E-state index contributed by atoms with van der Waals surface area (Å²) in [6, 6.07) is 3.40. The van der Waals surface area contributed by atoms with Crippen LogP contribution >= 0.6 is 11.6 Å². The molecule has 0 aliphatic heterocycles. The number of carbonyl (C=O) groups excluding carboxylic acids is 1. The molecule has 1 aromatic heterocycles. The second-order valence-corrected chi connectivity index (χ2v) is 4.78. The number of aromatic nitrogens is 1. The van der Waals surface area contributed by atoms with Crippen LogP contribution < -0.4 is 5.32 Å². The Morgan fingerprint density at radius 2 is 2.06 bits per heavy atom. The summed E-state index contributed by atoms with van der Waals surface area (Å²) in [5, 5.41) is 12.8. The molecular formula is C12H15ClN2O2. The number of amides is 1. The Balaban J connectivity index is 1.91. The van der Waals surface area contributed by atoms with E-state index < -0.39 is 0 Å². The molecule has 4 nitrogen and oxygen atoms in total. The van der Waals surface area contributed by atoms with Crippen LogP contribution in [0.2, 0.25) is 5.02 Å². The number of nitrogens with one attached hydrogen (secondary N) is 1. The zero-order valence-corrected chi connectivity index (χ0v) is 10.2. The van der Waals surface area contributed by atoms with Gasteiger partial charge in [0.05, 0.1) is 11.1 Å². The predicted octanol–water partition coefficient (Wildman–Crippen LogP) is 1.77. The third kappa shape index (κ3) is 3.41. The molecule has 1 amide bonds. The van der Waals surface area contributed by atoms with E-state index in [1.807, 2.05) is 0 Å². The number of hydrogen-bond donors (Lipinski definition) is 2. The topological polar surface area (TPSA) is 62.2 Å². The van der Waals surface area contributed by atoms with Gasteiger partial charge in [0, 0.05) is 12.2 Å².